The zero-order chi connectivity index (χ0) is 16.4. The second-order valence-electron chi connectivity index (χ2n) is 4.91. The second kappa shape index (κ2) is 6.26. The van der Waals surface area contributed by atoms with Crippen molar-refractivity contribution in [1.82, 2.24) is 0 Å². The first-order valence-corrected chi connectivity index (χ1v) is 7.24. The minimum absolute atomic E-state index is 0.0221. The quantitative estimate of drug-likeness (QED) is 0.884. The number of carbonyl (C=O) groups is 2. The Hall–Kier alpha value is -2.60. The molecule has 5 nitrogen and oxygen atoms in total. The van der Waals surface area contributed by atoms with E-state index in [9.17, 15) is 14.0 Å². The SMILES string of the molecule is O=C1CCOc2ccc(NC(=O)c3c(F)cccc3Cl)cc2N1. The number of benzene rings is 2. The van der Waals surface area contributed by atoms with Crippen LogP contribution in [0.5, 0.6) is 5.75 Å². The number of fused-ring (bicyclic) bond motifs is 1. The lowest BCUT2D eigenvalue weighted by molar-refractivity contribution is -0.116. The van der Waals surface area contributed by atoms with Crippen LogP contribution in [-0.2, 0) is 4.79 Å². The molecule has 0 fully saturated rings. The van der Waals surface area contributed by atoms with Gasteiger partial charge in [0.25, 0.3) is 5.91 Å². The monoisotopic (exact) mass is 334 g/mol. The molecule has 2 aromatic carbocycles. The van der Waals surface area contributed by atoms with Crippen LogP contribution < -0.4 is 15.4 Å². The fourth-order valence-electron chi connectivity index (χ4n) is 2.21. The molecule has 0 bridgehead atoms. The maximum absolute atomic E-state index is 13.8. The standard InChI is InChI=1S/C16H12ClFN2O3/c17-10-2-1-3-11(18)15(10)16(22)19-9-4-5-13-12(8-9)20-14(21)6-7-23-13/h1-5,8H,6-7H2,(H,19,22)(H,20,21). The highest BCUT2D eigenvalue weighted by atomic mass is 35.5. The van der Waals surface area contributed by atoms with Crippen LogP contribution in [0, 0.1) is 5.82 Å². The first-order chi connectivity index (χ1) is 11.0. The smallest absolute Gasteiger partial charge is 0.260 e. The van der Waals surface area contributed by atoms with Crippen molar-refractivity contribution in [3.63, 3.8) is 0 Å². The molecule has 2 amide bonds. The summed E-state index contributed by atoms with van der Waals surface area (Å²) in [5, 5.41) is 5.26. The van der Waals surface area contributed by atoms with Gasteiger partial charge in [-0.3, -0.25) is 9.59 Å². The van der Waals surface area contributed by atoms with Crippen LogP contribution in [0.4, 0.5) is 15.8 Å². The predicted molar refractivity (Wildman–Crippen MR) is 84.5 cm³/mol. The van der Waals surface area contributed by atoms with Gasteiger partial charge < -0.3 is 15.4 Å². The van der Waals surface area contributed by atoms with Gasteiger partial charge >= 0.3 is 0 Å². The van der Waals surface area contributed by atoms with E-state index in [1.54, 1.807) is 18.2 Å². The first-order valence-electron chi connectivity index (χ1n) is 6.86. The van der Waals surface area contributed by atoms with Gasteiger partial charge in [0, 0.05) is 5.69 Å². The van der Waals surface area contributed by atoms with Gasteiger partial charge in [-0.15, -0.1) is 0 Å². The summed E-state index contributed by atoms with van der Waals surface area (Å²) in [5.41, 5.74) is 0.605. The molecule has 0 unspecified atom stereocenters. The summed E-state index contributed by atoms with van der Waals surface area (Å²) in [5.74, 6) is -1.04. The van der Waals surface area contributed by atoms with Gasteiger partial charge in [0.1, 0.15) is 11.6 Å². The molecule has 3 rings (SSSR count). The van der Waals surface area contributed by atoms with Crippen molar-refractivity contribution in [2.45, 2.75) is 6.42 Å². The number of hydrogen-bond acceptors (Lipinski definition) is 3. The van der Waals surface area contributed by atoms with E-state index < -0.39 is 11.7 Å². The molecular formula is C16H12ClFN2O3. The van der Waals surface area contributed by atoms with Crippen LogP contribution in [0.3, 0.4) is 0 Å². The summed E-state index contributed by atoms with van der Waals surface area (Å²) < 4.78 is 19.2. The van der Waals surface area contributed by atoms with Crippen molar-refractivity contribution in [2.75, 3.05) is 17.2 Å². The van der Waals surface area contributed by atoms with E-state index in [-0.39, 0.29) is 29.5 Å². The molecule has 1 heterocycles. The third-order valence-electron chi connectivity index (χ3n) is 3.29. The molecule has 7 heteroatoms. The zero-order valence-electron chi connectivity index (χ0n) is 11.9. The average molecular weight is 335 g/mol. The Labute approximate surface area is 136 Å². The van der Waals surface area contributed by atoms with E-state index in [1.807, 2.05) is 0 Å². The molecule has 1 aliphatic heterocycles. The van der Waals surface area contributed by atoms with Crippen LogP contribution >= 0.6 is 11.6 Å². The first kappa shape index (κ1) is 15.3. The van der Waals surface area contributed by atoms with Crippen molar-refractivity contribution in [3.8, 4) is 5.75 Å². The summed E-state index contributed by atoms with van der Waals surface area (Å²) in [7, 11) is 0. The lowest BCUT2D eigenvalue weighted by atomic mass is 10.2. The molecule has 2 N–H and O–H groups in total. The van der Waals surface area contributed by atoms with E-state index in [2.05, 4.69) is 10.6 Å². The van der Waals surface area contributed by atoms with E-state index >= 15 is 0 Å². The summed E-state index contributed by atoms with van der Waals surface area (Å²) in [6.07, 6.45) is 0.251. The number of rotatable bonds is 2. The van der Waals surface area contributed by atoms with Gasteiger partial charge in [0.05, 0.1) is 29.3 Å². The van der Waals surface area contributed by atoms with Crippen molar-refractivity contribution in [2.24, 2.45) is 0 Å². The lowest BCUT2D eigenvalue weighted by Gasteiger charge is -2.11. The predicted octanol–water partition coefficient (Wildman–Crippen LogP) is 3.45. The highest BCUT2D eigenvalue weighted by Crippen LogP contribution is 2.30. The molecule has 1 aliphatic rings. The Morgan fingerprint density at radius 3 is 2.91 bits per heavy atom. The molecule has 0 atom stereocenters. The van der Waals surface area contributed by atoms with Gasteiger partial charge in [0.2, 0.25) is 5.91 Å². The molecule has 0 radical (unpaired) electrons. The van der Waals surface area contributed by atoms with Crippen LogP contribution in [0.15, 0.2) is 36.4 Å². The van der Waals surface area contributed by atoms with Crippen molar-refractivity contribution in [1.29, 1.82) is 0 Å². The maximum Gasteiger partial charge on any atom is 0.260 e. The molecule has 23 heavy (non-hydrogen) atoms. The topological polar surface area (TPSA) is 67.4 Å². The molecular weight excluding hydrogens is 323 g/mol. The summed E-state index contributed by atoms with van der Waals surface area (Å²) >= 11 is 5.87. The maximum atomic E-state index is 13.8. The number of ether oxygens (including phenoxy) is 1. The van der Waals surface area contributed by atoms with Gasteiger partial charge in [-0.05, 0) is 30.3 Å². The Balaban J connectivity index is 1.86. The Kier molecular flexibility index (Phi) is 4.16. The molecule has 0 spiro atoms. The fourth-order valence-corrected chi connectivity index (χ4v) is 2.45. The number of carbonyl (C=O) groups excluding carboxylic acids is 2. The third kappa shape index (κ3) is 3.27. The van der Waals surface area contributed by atoms with E-state index in [1.165, 1.54) is 12.1 Å². The number of anilines is 2. The van der Waals surface area contributed by atoms with Crippen LogP contribution in [0.25, 0.3) is 0 Å². The summed E-state index contributed by atoms with van der Waals surface area (Å²) in [6.45, 7) is 0.287. The Morgan fingerprint density at radius 1 is 1.30 bits per heavy atom. The molecule has 118 valence electrons. The average Bonchev–Trinajstić information content (AvgIpc) is 2.67. The van der Waals surface area contributed by atoms with Crippen molar-refractivity contribution < 1.29 is 18.7 Å². The van der Waals surface area contributed by atoms with Gasteiger partial charge in [0.15, 0.2) is 0 Å². The van der Waals surface area contributed by atoms with Crippen molar-refractivity contribution >= 4 is 34.8 Å². The fraction of sp³-hybridized carbons (Fsp3) is 0.125. The zero-order valence-corrected chi connectivity index (χ0v) is 12.6. The van der Waals surface area contributed by atoms with Gasteiger partial charge in [-0.25, -0.2) is 4.39 Å². The second-order valence-corrected chi connectivity index (χ2v) is 5.32. The van der Waals surface area contributed by atoms with Crippen LogP contribution in [0.2, 0.25) is 5.02 Å². The normalized spacial score (nSPS) is 13.4. The van der Waals surface area contributed by atoms with E-state index in [4.69, 9.17) is 16.3 Å². The highest BCUT2D eigenvalue weighted by molar-refractivity contribution is 6.34. The van der Waals surface area contributed by atoms with E-state index in [0.717, 1.165) is 6.07 Å². The Morgan fingerprint density at radius 2 is 2.13 bits per heavy atom. The number of amides is 2. The third-order valence-corrected chi connectivity index (χ3v) is 3.60. The number of halogens is 2. The lowest BCUT2D eigenvalue weighted by Crippen LogP contribution is -2.15. The van der Waals surface area contributed by atoms with Crippen LogP contribution in [0.1, 0.15) is 16.8 Å². The minimum Gasteiger partial charge on any atom is -0.491 e. The Bertz CT molecular complexity index is 775. The van der Waals surface area contributed by atoms with Gasteiger partial charge in [-0.1, -0.05) is 17.7 Å². The van der Waals surface area contributed by atoms with Gasteiger partial charge in [-0.2, -0.15) is 0 Å². The van der Waals surface area contributed by atoms with Crippen molar-refractivity contribution in [3.05, 3.63) is 52.8 Å². The number of nitrogens with one attached hydrogen (secondary N) is 2. The molecule has 0 aliphatic carbocycles. The molecule has 2 aromatic rings. The number of hydrogen-bond donors (Lipinski definition) is 2. The summed E-state index contributed by atoms with van der Waals surface area (Å²) in [6, 6.07) is 8.79. The highest BCUT2D eigenvalue weighted by Gasteiger charge is 2.18. The molecule has 0 saturated heterocycles. The summed E-state index contributed by atoms with van der Waals surface area (Å²) in [4.78, 5) is 23.7. The largest absolute Gasteiger partial charge is 0.491 e. The van der Waals surface area contributed by atoms with E-state index in [0.29, 0.717) is 17.1 Å². The minimum atomic E-state index is -0.707. The van der Waals surface area contributed by atoms with Crippen LogP contribution in [-0.4, -0.2) is 18.4 Å². The molecule has 0 saturated carbocycles. The molecule has 0 aromatic heterocycles.